The lowest BCUT2D eigenvalue weighted by Gasteiger charge is -2.20. The fourth-order valence-corrected chi connectivity index (χ4v) is 1.99. The van der Waals surface area contributed by atoms with Gasteiger partial charge in [0.1, 0.15) is 6.54 Å². The largest absolute Gasteiger partial charge is 0.480 e. The maximum Gasteiger partial charge on any atom is 0.323 e. The second kappa shape index (κ2) is 8.04. The molecular weight excluding hydrogens is 272 g/mol. The first-order valence-corrected chi connectivity index (χ1v) is 6.79. The van der Waals surface area contributed by atoms with Crippen LogP contribution in [0.1, 0.15) is 25.8 Å². The SMILES string of the molecule is CCCN(CC(=O)O)C(=O)Cc1ccccc1NC(C)=O. The number of anilines is 1. The van der Waals surface area contributed by atoms with Gasteiger partial charge in [0.05, 0.1) is 6.42 Å². The quantitative estimate of drug-likeness (QED) is 0.797. The molecule has 0 heterocycles. The van der Waals surface area contributed by atoms with Gasteiger partial charge in [0.15, 0.2) is 0 Å². The van der Waals surface area contributed by atoms with Gasteiger partial charge in [-0.3, -0.25) is 14.4 Å². The average Bonchev–Trinajstić information content (AvgIpc) is 2.39. The van der Waals surface area contributed by atoms with E-state index in [1.807, 2.05) is 6.92 Å². The van der Waals surface area contributed by atoms with Gasteiger partial charge in [0, 0.05) is 19.2 Å². The van der Waals surface area contributed by atoms with Crippen LogP contribution >= 0.6 is 0 Å². The van der Waals surface area contributed by atoms with Gasteiger partial charge in [-0.2, -0.15) is 0 Å². The van der Waals surface area contributed by atoms with E-state index in [4.69, 9.17) is 5.11 Å². The fraction of sp³-hybridized carbons (Fsp3) is 0.400. The summed E-state index contributed by atoms with van der Waals surface area (Å²) in [7, 11) is 0. The molecule has 6 nitrogen and oxygen atoms in total. The van der Waals surface area contributed by atoms with Crippen LogP contribution in [-0.2, 0) is 20.8 Å². The molecule has 0 bridgehead atoms. The number of hydrogen-bond donors (Lipinski definition) is 2. The Balaban J connectivity index is 2.85. The van der Waals surface area contributed by atoms with E-state index in [-0.39, 0.29) is 24.8 Å². The van der Waals surface area contributed by atoms with E-state index >= 15 is 0 Å². The molecule has 0 radical (unpaired) electrons. The van der Waals surface area contributed by atoms with Gasteiger partial charge in [-0.15, -0.1) is 0 Å². The Morgan fingerprint density at radius 3 is 2.48 bits per heavy atom. The van der Waals surface area contributed by atoms with Crippen molar-refractivity contribution in [2.45, 2.75) is 26.7 Å². The Bertz CT molecular complexity index is 528. The molecular formula is C15H20N2O4. The molecule has 2 N–H and O–H groups in total. The third-order valence-corrected chi connectivity index (χ3v) is 2.84. The number of nitrogens with zero attached hydrogens (tertiary/aromatic N) is 1. The lowest BCUT2D eigenvalue weighted by atomic mass is 10.1. The molecule has 1 aromatic rings. The Kier molecular flexibility index (Phi) is 6.39. The topological polar surface area (TPSA) is 86.7 Å². The van der Waals surface area contributed by atoms with Crippen molar-refractivity contribution in [2.24, 2.45) is 0 Å². The lowest BCUT2D eigenvalue weighted by molar-refractivity contribution is -0.144. The van der Waals surface area contributed by atoms with E-state index in [0.29, 0.717) is 24.2 Å². The average molecular weight is 292 g/mol. The standard InChI is InChI=1S/C15H20N2O4/c1-3-8-17(10-15(20)21)14(19)9-12-6-4-5-7-13(12)16-11(2)18/h4-7H,3,8-10H2,1-2H3,(H,16,18)(H,20,21). The lowest BCUT2D eigenvalue weighted by Crippen LogP contribution is -2.37. The van der Waals surface area contributed by atoms with Crippen LogP contribution in [0.4, 0.5) is 5.69 Å². The normalized spacial score (nSPS) is 10.0. The summed E-state index contributed by atoms with van der Waals surface area (Å²) < 4.78 is 0. The number of carboxylic acid groups (broad SMARTS) is 1. The maximum atomic E-state index is 12.2. The van der Waals surface area contributed by atoms with Gasteiger partial charge in [0.2, 0.25) is 11.8 Å². The third-order valence-electron chi connectivity index (χ3n) is 2.84. The minimum atomic E-state index is -1.04. The number of benzene rings is 1. The van der Waals surface area contributed by atoms with Crippen molar-refractivity contribution in [1.29, 1.82) is 0 Å². The van der Waals surface area contributed by atoms with Gasteiger partial charge in [-0.05, 0) is 18.1 Å². The molecule has 0 aliphatic heterocycles. The molecule has 0 aromatic heterocycles. The Morgan fingerprint density at radius 1 is 1.24 bits per heavy atom. The first-order chi connectivity index (χ1) is 9.93. The van der Waals surface area contributed by atoms with E-state index in [2.05, 4.69) is 5.32 Å². The molecule has 6 heteroatoms. The molecule has 0 saturated heterocycles. The fourth-order valence-electron chi connectivity index (χ4n) is 1.99. The number of para-hydroxylation sites is 1. The summed E-state index contributed by atoms with van der Waals surface area (Å²) in [5.74, 6) is -1.52. The minimum absolute atomic E-state index is 0.0593. The van der Waals surface area contributed by atoms with Gasteiger partial charge in [-0.25, -0.2) is 0 Å². The number of hydrogen-bond acceptors (Lipinski definition) is 3. The second-order valence-corrected chi connectivity index (χ2v) is 4.72. The zero-order valence-corrected chi connectivity index (χ0v) is 12.3. The van der Waals surface area contributed by atoms with E-state index in [1.54, 1.807) is 24.3 Å². The van der Waals surface area contributed by atoms with Crippen LogP contribution in [0.5, 0.6) is 0 Å². The first kappa shape index (κ1) is 16.7. The second-order valence-electron chi connectivity index (χ2n) is 4.72. The van der Waals surface area contributed by atoms with Crippen LogP contribution in [0.2, 0.25) is 0 Å². The molecule has 1 rings (SSSR count). The molecule has 114 valence electrons. The zero-order valence-electron chi connectivity index (χ0n) is 12.3. The van der Waals surface area contributed by atoms with Gasteiger partial charge in [0.25, 0.3) is 0 Å². The van der Waals surface area contributed by atoms with E-state index in [1.165, 1.54) is 11.8 Å². The predicted molar refractivity (Wildman–Crippen MR) is 79.0 cm³/mol. The number of nitrogens with one attached hydrogen (secondary N) is 1. The van der Waals surface area contributed by atoms with Crippen LogP contribution < -0.4 is 5.32 Å². The van der Waals surface area contributed by atoms with Crippen molar-refractivity contribution in [3.8, 4) is 0 Å². The van der Waals surface area contributed by atoms with Crippen molar-refractivity contribution in [1.82, 2.24) is 4.90 Å². The number of carbonyl (C=O) groups is 3. The Morgan fingerprint density at radius 2 is 1.90 bits per heavy atom. The molecule has 0 atom stereocenters. The summed E-state index contributed by atoms with van der Waals surface area (Å²) in [5.41, 5.74) is 1.24. The molecule has 0 unspecified atom stereocenters. The van der Waals surface area contributed by atoms with Crippen LogP contribution in [0.3, 0.4) is 0 Å². The number of aliphatic carboxylic acids is 1. The van der Waals surface area contributed by atoms with Gasteiger partial charge in [-0.1, -0.05) is 25.1 Å². The summed E-state index contributed by atoms with van der Waals surface area (Å²) in [5, 5.41) is 11.5. The molecule has 1 aromatic carbocycles. The third kappa shape index (κ3) is 5.64. The highest BCUT2D eigenvalue weighted by Gasteiger charge is 2.17. The van der Waals surface area contributed by atoms with Crippen molar-refractivity contribution in [2.75, 3.05) is 18.4 Å². The summed E-state index contributed by atoms with van der Waals surface area (Å²) in [4.78, 5) is 35.5. The number of carbonyl (C=O) groups excluding carboxylic acids is 2. The van der Waals surface area contributed by atoms with Crippen LogP contribution in [0, 0.1) is 0 Å². The monoisotopic (exact) mass is 292 g/mol. The van der Waals surface area contributed by atoms with Gasteiger partial charge < -0.3 is 15.3 Å². The first-order valence-electron chi connectivity index (χ1n) is 6.79. The maximum absolute atomic E-state index is 12.2. The number of amides is 2. The zero-order chi connectivity index (χ0) is 15.8. The highest BCUT2D eigenvalue weighted by Crippen LogP contribution is 2.16. The molecule has 0 saturated carbocycles. The summed E-state index contributed by atoms with van der Waals surface area (Å²) >= 11 is 0. The smallest absolute Gasteiger partial charge is 0.323 e. The van der Waals surface area contributed by atoms with Crippen molar-refractivity contribution >= 4 is 23.5 Å². The van der Waals surface area contributed by atoms with Crippen LogP contribution in [0.25, 0.3) is 0 Å². The van der Waals surface area contributed by atoms with Crippen LogP contribution in [-0.4, -0.2) is 40.9 Å². The number of carboxylic acids is 1. The minimum Gasteiger partial charge on any atom is -0.480 e. The highest BCUT2D eigenvalue weighted by molar-refractivity contribution is 5.91. The summed E-state index contributed by atoms with van der Waals surface area (Å²) in [6.45, 7) is 3.36. The Hall–Kier alpha value is -2.37. The van der Waals surface area contributed by atoms with E-state index in [9.17, 15) is 14.4 Å². The molecule has 2 amide bonds. The molecule has 21 heavy (non-hydrogen) atoms. The molecule has 0 spiro atoms. The molecule has 0 aliphatic carbocycles. The van der Waals surface area contributed by atoms with Crippen molar-refractivity contribution in [3.05, 3.63) is 29.8 Å². The molecule has 0 aliphatic rings. The predicted octanol–water partition coefficient (Wildman–Crippen LogP) is 1.51. The van der Waals surface area contributed by atoms with E-state index in [0.717, 1.165) is 0 Å². The van der Waals surface area contributed by atoms with Gasteiger partial charge >= 0.3 is 5.97 Å². The van der Waals surface area contributed by atoms with Crippen molar-refractivity contribution < 1.29 is 19.5 Å². The van der Waals surface area contributed by atoms with Crippen LogP contribution in [0.15, 0.2) is 24.3 Å². The van der Waals surface area contributed by atoms with E-state index < -0.39 is 5.97 Å². The van der Waals surface area contributed by atoms with Crippen molar-refractivity contribution in [3.63, 3.8) is 0 Å². The highest BCUT2D eigenvalue weighted by atomic mass is 16.4. The number of rotatable bonds is 7. The summed E-state index contributed by atoms with van der Waals surface area (Å²) in [6, 6.07) is 7.00. The summed E-state index contributed by atoms with van der Waals surface area (Å²) in [6.07, 6.45) is 0.746. The molecule has 0 fully saturated rings. The Labute approximate surface area is 123 Å².